The van der Waals surface area contributed by atoms with E-state index < -0.39 is 34.1 Å². The summed E-state index contributed by atoms with van der Waals surface area (Å²) in [7, 11) is 0. The van der Waals surface area contributed by atoms with Crippen LogP contribution in [0.1, 0.15) is 0 Å². The van der Waals surface area contributed by atoms with Crippen LogP contribution in [0, 0.1) is 23.3 Å². The van der Waals surface area contributed by atoms with Crippen molar-refractivity contribution in [1.29, 1.82) is 0 Å². The Labute approximate surface area is 141 Å². The molecule has 0 saturated carbocycles. The first-order valence-electron chi connectivity index (χ1n) is 7.63. The fraction of sp³-hybridized carbons (Fsp3) is 0. The lowest BCUT2D eigenvalue weighted by molar-refractivity contribution is 0.591. The topological polar surface area (TPSA) is 34.1 Å². The number of hydrogen-bond acceptors (Lipinski definition) is 2. The highest BCUT2D eigenvalue weighted by atomic mass is 19.1. The van der Waals surface area contributed by atoms with Gasteiger partial charge in [0.25, 0.3) is 0 Å². The predicted octanol–water partition coefficient (Wildman–Crippen LogP) is 4.45. The molecule has 126 valence electrons. The van der Waals surface area contributed by atoms with Crippen LogP contribution in [0.3, 0.4) is 0 Å². The van der Waals surface area contributed by atoms with Gasteiger partial charge in [-0.1, -0.05) is 0 Å². The summed E-state index contributed by atoms with van der Waals surface area (Å²) in [5.74, 6) is -3.70. The van der Waals surface area contributed by atoms with E-state index in [2.05, 4.69) is 0 Å². The Morgan fingerprint density at radius 3 is 1.23 bits per heavy atom. The first-order valence-corrected chi connectivity index (χ1v) is 7.63. The molecule has 0 spiro atoms. The summed E-state index contributed by atoms with van der Waals surface area (Å²) in [6, 6.07) is 5.88. The van der Waals surface area contributed by atoms with Gasteiger partial charge in [-0.05, 0) is 45.8 Å². The maximum absolute atomic E-state index is 14.1. The molecule has 0 N–H and O–H groups in total. The molecule has 26 heavy (non-hydrogen) atoms. The second-order valence-electron chi connectivity index (χ2n) is 6.22. The Morgan fingerprint density at radius 2 is 0.846 bits per heavy atom. The van der Waals surface area contributed by atoms with Gasteiger partial charge in [-0.3, -0.25) is 9.59 Å². The number of halogens is 4. The molecule has 0 radical (unpaired) electrons. The zero-order valence-electron chi connectivity index (χ0n) is 12.8. The molecule has 5 aromatic rings. The lowest BCUT2D eigenvalue weighted by Crippen LogP contribution is -1.98. The number of benzene rings is 3. The van der Waals surface area contributed by atoms with Crippen molar-refractivity contribution in [2.24, 2.45) is 0 Å². The van der Waals surface area contributed by atoms with Gasteiger partial charge in [0.2, 0.25) is 0 Å². The molecule has 0 aliphatic rings. The van der Waals surface area contributed by atoms with Crippen molar-refractivity contribution in [3.8, 4) is 0 Å². The van der Waals surface area contributed by atoms with Crippen LogP contribution in [-0.4, -0.2) is 0 Å². The minimum Gasteiger partial charge on any atom is -0.288 e. The molecule has 5 rings (SSSR count). The maximum atomic E-state index is 14.1. The number of hydrogen-bond donors (Lipinski definition) is 0. The van der Waals surface area contributed by atoms with E-state index in [1.54, 1.807) is 0 Å². The van der Waals surface area contributed by atoms with E-state index in [0.717, 1.165) is 12.1 Å². The van der Waals surface area contributed by atoms with Crippen molar-refractivity contribution in [3.05, 3.63) is 80.1 Å². The molecule has 0 heterocycles. The standard InChI is InChI=1S/C20H6F4O2/c21-7-1-11-9-5-14-10(6-13(9)19(25)17(11)15(23)3-7)12-2-8(22)4-16(24)18(12)20(14)26/h1-6H. The van der Waals surface area contributed by atoms with Crippen molar-refractivity contribution in [1.82, 2.24) is 0 Å². The smallest absolute Gasteiger partial charge is 0.197 e. The van der Waals surface area contributed by atoms with Crippen molar-refractivity contribution in [3.63, 3.8) is 0 Å². The number of fused-ring (bicyclic) bond motifs is 6. The Balaban J connectivity index is 2.11. The van der Waals surface area contributed by atoms with Crippen LogP contribution in [0.2, 0.25) is 0 Å². The third kappa shape index (κ3) is 1.71. The predicted molar refractivity (Wildman–Crippen MR) is 91.2 cm³/mol. The van der Waals surface area contributed by atoms with Crippen molar-refractivity contribution >= 4 is 43.1 Å². The highest BCUT2D eigenvalue weighted by Gasteiger charge is 2.20. The normalized spacial score (nSPS) is 12.2. The van der Waals surface area contributed by atoms with Crippen LogP contribution in [0.4, 0.5) is 17.6 Å². The minimum absolute atomic E-state index is 0.0423. The zero-order valence-corrected chi connectivity index (χ0v) is 12.8. The molecule has 0 fully saturated rings. The summed E-state index contributed by atoms with van der Waals surface area (Å²) in [5, 5.41) is 0.0586. The third-order valence-electron chi connectivity index (χ3n) is 4.79. The van der Waals surface area contributed by atoms with E-state index in [0.29, 0.717) is 12.1 Å². The Bertz CT molecular complexity index is 1390. The lowest BCUT2D eigenvalue weighted by Gasteiger charge is -1.96. The first kappa shape index (κ1) is 15.0. The van der Waals surface area contributed by atoms with Crippen LogP contribution in [-0.2, 0) is 0 Å². The van der Waals surface area contributed by atoms with E-state index in [9.17, 15) is 27.2 Å². The van der Waals surface area contributed by atoms with Gasteiger partial charge in [-0.2, -0.15) is 0 Å². The summed E-state index contributed by atoms with van der Waals surface area (Å²) >= 11 is 0. The molecule has 6 heteroatoms. The second-order valence-corrected chi connectivity index (χ2v) is 6.22. The van der Waals surface area contributed by atoms with Gasteiger partial charge in [0, 0.05) is 22.9 Å². The van der Waals surface area contributed by atoms with Crippen LogP contribution in [0.5, 0.6) is 0 Å². The van der Waals surface area contributed by atoms with Crippen LogP contribution in [0.15, 0.2) is 46.0 Å². The Morgan fingerprint density at radius 1 is 0.462 bits per heavy atom. The van der Waals surface area contributed by atoms with Crippen molar-refractivity contribution in [2.45, 2.75) is 0 Å². The summed E-state index contributed by atoms with van der Waals surface area (Å²) < 4.78 is 55.3. The molecule has 0 atom stereocenters. The number of rotatable bonds is 0. The van der Waals surface area contributed by atoms with Gasteiger partial charge in [-0.25, -0.2) is 17.6 Å². The molecule has 5 aromatic carbocycles. The summed E-state index contributed by atoms with van der Waals surface area (Å²) in [5.41, 5.74) is -1.32. The second kappa shape index (κ2) is 4.66. The lowest BCUT2D eigenvalue weighted by atomic mass is 10.1. The Kier molecular flexibility index (Phi) is 2.69. The minimum atomic E-state index is -0.995. The van der Waals surface area contributed by atoms with Gasteiger partial charge < -0.3 is 0 Å². The van der Waals surface area contributed by atoms with Gasteiger partial charge in [0.05, 0.1) is 10.8 Å². The molecule has 0 aromatic heterocycles. The maximum Gasteiger partial charge on any atom is 0.197 e. The Hall–Kier alpha value is -3.28. The molecular formula is C20H6F4O2. The van der Waals surface area contributed by atoms with Crippen molar-refractivity contribution < 1.29 is 17.6 Å². The van der Waals surface area contributed by atoms with Crippen LogP contribution >= 0.6 is 0 Å². The highest BCUT2D eigenvalue weighted by Crippen LogP contribution is 2.33. The van der Waals surface area contributed by atoms with E-state index in [-0.39, 0.29) is 43.1 Å². The van der Waals surface area contributed by atoms with Gasteiger partial charge in [0.15, 0.2) is 10.9 Å². The molecule has 0 aliphatic carbocycles. The largest absolute Gasteiger partial charge is 0.288 e. The van der Waals surface area contributed by atoms with E-state index >= 15 is 0 Å². The van der Waals surface area contributed by atoms with Gasteiger partial charge in [-0.15, -0.1) is 0 Å². The molecule has 0 saturated heterocycles. The van der Waals surface area contributed by atoms with Gasteiger partial charge >= 0.3 is 0 Å². The SMILES string of the molecule is O=c1c2cc3c(cc2c2cc(F)cc(F)c12)c(=O)c1c(F)cc(F)cc13. The average Bonchev–Trinajstić information content (AvgIpc) is 2.99. The van der Waals surface area contributed by atoms with E-state index in [4.69, 9.17) is 0 Å². The third-order valence-corrected chi connectivity index (χ3v) is 4.79. The molecule has 2 nitrogen and oxygen atoms in total. The first-order chi connectivity index (χ1) is 12.4. The molecule has 0 bridgehead atoms. The fourth-order valence-electron chi connectivity index (χ4n) is 3.72. The monoisotopic (exact) mass is 354 g/mol. The highest BCUT2D eigenvalue weighted by molar-refractivity contribution is 6.21. The molecule has 0 amide bonds. The molecule has 0 aliphatic heterocycles. The van der Waals surface area contributed by atoms with Gasteiger partial charge in [0.1, 0.15) is 23.3 Å². The van der Waals surface area contributed by atoms with E-state index in [1.807, 2.05) is 0 Å². The fourth-order valence-corrected chi connectivity index (χ4v) is 3.72. The summed E-state index contributed by atoms with van der Waals surface area (Å²) in [6.07, 6.45) is 0. The molecule has 0 unspecified atom stereocenters. The van der Waals surface area contributed by atoms with Crippen LogP contribution in [0.25, 0.3) is 43.1 Å². The molecular weight excluding hydrogens is 348 g/mol. The van der Waals surface area contributed by atoms with E-state index in [1.165, 1.54) is 12.1 Å². The quantitative estimate of drug-likeness (QED) is 0.385. The summed E-state index contributed by atoms with van der Waals surface area (Å²) in [6.45, 7) is 0. The average molecular weight is 354 g/mol. The summed E-state index contributed by atoms with van der Waals surface area (Å²) in [4.78, 5) is 25.1. The zero-order chi connectivity index (χ0) is 18.3. The van der Waals surface area contributed by atoms with Crippen molar-refractivity contribution in [2.75, 3.05) is 0 Å². The van der Waals surface area contributed by atoms with Crippen LogP contribution < -0.4 is 10.9 Å².